The van der Waals surface area contributed by atoms with Crippen molar-refractivity contribution in [3.63, 3.8) is 0 Å². The van der Waals surface area contributed by atoms with E-state index in [0.717, 1.165) is 12.6 Å². The molecule has 1 aliphatic rings. The summed E-state index contributed by atoms with van der Waals surface area (Å²) in [5.74, 6) is 1.19. The number of benzene rings is 1. The van der Waals surface area contributed by atoms with Gasteiger partial charge in [-0.15, -0.1) is 23.1 Å². The molecule has 0 radical (unpaired) electrons. The minimum Gasteiger partial charge on any atom is -0.294 e. The van der Waals surface area contributed by atoms with Gasteiger partial charge in [-0.2, -0.15) is 0 Å². The number of hydrogen-bond acceptors (Lipinski definition) is 3. The number of thioether (sulfide) groups is 1. The second-order valence-electron chi connectivity index (χ2n) is 4.94. The Bertz CT molecular complexity index is 477. The van der Waals surface area contributed by atoms with Crippen LogP contribution in [0.25, 0.3) is 0 Å². The van der Waals surface area contributed by atoms with Crippen molar-refractivity contribution in [2.24, 2.45) is 0 Å². The summed E-state index contributed by atoms with van der Waals surface area (Å²) in [4.78, 5) is 5.54. The van der Waals surface area contributed by atoms with Crippen molar-refractivity contribution >= 4 is 23.1 Å². The van der Waals surface area contributed by atoms with E-state index in [4.69, 9.17) is 0 Å². The maximum atomic E-state index is 2.65. The summed E-state index contributed by atoms with van der Waals surface area (Å²) >= 11 is 3.85. The van der Waals surface area contributed by atoms with Crippen LogP contribution in [-0.2, 0) is 6.54 Å². The second kappa shape index (κ2) is 6.60. The molecule has 1 aromatic carbocycles. The lowest BCUT2D eigenvalue weighted by Gasteiger charge is -2.20. The number of hydrogen-bond donors (Lipinski definition) is 0. The minimum atomic E-state index is 0.846. The molecule has 19 heavy (non-hydrogen) atoms. The summed E-state index contributed by atoms with van der Waals surface area (Å²) in [6.07, 6.45) is 2.78. The van der Waals surface area contributed by atoms with Crippen molar-refractivity contribution < 1.29 is 0 Å². The highest BCUT2D eigenvalue weighted by molar-refractivity contribution is 7.99. The van der Waals surface area contributed by atoms with E-state index in [1.54, 1.807) is 0 Å². The Labute approximate surface area is 123 Å². The largest absolute Gasteiger partial charge is 0.294 e. The van der Waals surface area contributed by atoms with Crippen molar-refractivity contribution in [3.8, 4) is 0 Å². The van der Waals surface area contributed by atoms with Crippen molar-refractivity contribution in [2.75, 3.05) is 12.3 Å². The monoisotopic (exact) mass is 289 g/mol. The number of nitrogens with zero attached hydrogens (tertiary/aromatic N) is 1. The Balaban J connectivity index is 1.48. The van der Waals surface area contributed by atoms with Gasteiger partial charge in [-0.05, 0) is 36.4 Å². The lowest BCUT2D eigenvalue weighted by atomic mass is 10.4. The summed E-state index contributed by atoms with van der Waals surface area (Å²) in [6, 6.07) is 16.0. The van der Waals surface area contributed by atoms with E-state index in [9.17, 15) is 0 Å². The van der Waals surface area contributed by atoms with Crippen LogP contribution in [0, 0.1) is 0 Å². The SMILES string of the molecule is c1ccc(SCCN(Cc2cccs2)C2CC2)cc1. The van der Waals surface area contributed by atoms with E-state index in [-0.39, 0.29) is 0 Å². The van der Waals surface area contributed by atoms with Gasteiger partial charge in [0.2, 0.25) is 0 Å². The Morgan fingerprint density at radius 2 is 1.95 bits per heavy atom. The van der Waals surface area contributed by atoms with Gasteiger partial charge >= 0.3 is 0 Å². The maximum Gasteiger partial charge on any atom is 0.0331 e. The van der Waals surface area contributed by atoms with Gasteiger partial charge in [0.05, 0.1) is 0 Å². The Morgan fingerprint density at radius 3 is 2.63 bits per heavy atom. The third-order valence-corrected chi connectivity index (χ3v) is 5.25. The highest BCUT2D eigenvalue weighted by Crippen LogP contribution is 2.29. The van der Waals surface area contributed by atoms with Crippen molar-refractivity contribution in [1.29, 1.82) is 0 Å². The Kier molecular flexibility index (Phi) is 4.59. The highest BCUT2D eigenvalue weighted by atomic mass is 32.2. The molecule has 0 amide bonds. The first kappa shape index (κ1) is 13.2. The molecule has 1 saturated carbocycles. The van der Waals surface area contributed by atoms with E-state index in [2.05, 4.69) is 52.7 Å². The molecule has 1 fully saturated rings. The van der Waals surface area contributed by atoms with Crippen LogP contribution in [-0.4, -0.2) is 23.2 Å². The molecule has 2 aromatic rings. The van der Waals surface area contributed by atoms with Gasteiger partial charge in [0, 0.05) is 34.7 Å². The molecule has 0 saturated heterocycles. The number of rotatable bonds is 7. The van der Waals surface area contributed by atoms with Crippen LogP contribution in [0.4, 0.5) is 0 Å². The summed E-state index contributed by atoms with van der Waals surface area (Å²) in [7, 11) is 0. The van der Waals surface area contributed by atoms with Crippen LogP contribution in [0.2, 0.25) is 0 Å². The second-order valence-corrected chi connectivity index (χ2v) is 7.14. The fraction of sp³-hybridized carbons (Fsp3) is 0.375. The predicted octanol–water partition coefficient (Wildman–Crippen LogP) is 4.50. The molecule has 3 rings (SSSR count). The molecule has 1 nitrogen and oxygen atoms in total. The average Bonchev–Trinajstić information content (AvgIpc) is 3.17. The van der Waals surface area contributed by atoms with Crippen LogP contribution in [0.3, 0.4) is 0 Å². The Morgan fingerprint density at radius 1 is 1.11 bits per heavy atom. The van der Waals surface area contributed by atoms with E-state index in [1.165, 1.54) is 34.9 Å². The van der Waals surface area contributed by atoms with Gasteiger partial charge in [0.15, 0.2) is 0 Å². The number of thiophene rings is 1. The predicted molar refractivity (Wildman–Crippen MR) is 84.9 cm³/mol. The fourth-order valence-corrected chi connectivity index (χ4v) is 3.87. The van der Waals surface area contributed by atoms with Gasteiger partial charge in [0.25, 0.3) is 0 Å². The van der Waals surface area contributed by atoms with E-state index < -0.39 is 0 Å². The first-order valence-electron chi connectivity index (χ1n) is 6.86. The van der Waals surface area contributed by atoms with Crippen LogP contribution < -0.4 is 0 Å². The summed E-state index contributed by atoms with van der Waals surface area (Å²) in [5, 5.41) is 2.18. The summed E-state index contributed by atoms with van der Waals surface area (Å²) < 4.78 is 0. The molecule has 0 unspecified atom stereocenters. The van der Waals surface area contributed by atoms with E-state index in [1.807, 2.05) is 23.1 Å². The fourth-order valence-electron chi connectivity index (χ4n) is 2.23. The van der Waals surface area contributed by atoms with E-state index in [0.29, 0.717) is 0 Å². The summed E-state index contributed by atoms with van der Waals surface area (Å²) in [5.41, 5.74) is 0. The van der Waals surface area contributed by atoms with Gasteiger partial charge < -0.3 is 0 Å². The van der Waals surface area contributed by atoms with Gasteiger partial charge in [-0.25, -0.2) is 0 Å². The molecular formula is C16H19NS2. The first-order chi connectivity index (χ1) is 9.42. The standard InChI is InChI=1S/C16H19NS2/c1-2-5-15(6-3-1)19-12-10-17(14-8-9-14)13-16-7-4-11-18-16/h1-7,11,14H,8-10,12-13H2. The van der Waals surface area contributed by atoms with E-state index >= 15 is 0 Å². The first-order valence-corrected chi connectivity index (χ1v) is 8.72. The van der Waals surface area contributed by atoms with Gasteiger partial charge in [0.1, 0.15) is 0 Å². The van der Waals surface area contributed by atoms with Gasteiger partial charge in [-0.3, -0.25) is 4.90 Å². The smallest absolute Gasteiger partial charge is 0.0331 e. The topological polar surface area (TPSA) is 3.24 Å². The van der Waals surface area contributed by atoms with Gasteiger partial charge in [-0.1, -0.05) is 24.3 Å². The lowest BCUT2D eigenvalue weighted by Crippen LogP contribution is -2.27. The molecule has 0 atom stereocenters. The zero-order valence-electron chi connectivity index (χ0n) is 11.0. The molecule has 0 spiro atoms. The molecule has 1 heterocycles. The Hall–Kier alpha value is -0.770. The zero-order chi connectivity index (χ0) is 12.9. The third kappa shape index (κ3) is 4.10. The molecule has 0 N–H and O–H groups in total. The lowest BCUT2D eigenvalue weighted by molar-refractivity contribution is 0.274. The molecule has 0 bridgehead atoms. The molecule has 1 aromatic heterocycles. The normalized spacial score (nSPS) is 15.0. The van der Waals surface area contributed by atoms with Crippen molar-refractivity contribution in [1.82, 2.24) is 4.90 Å². The van der Waals surface area contributed by atoms with Crippen LogP contribution in [0.1, 0.15) is 17.7 Å². The van der Waals surface area contributed by atoms with Crippen molar-refractivity contribution in [3.05, 3.63) is 52.7 Å². The highest BCUT2D eigenvalue weighted by Gasteiger charge is 2.28. The molecular weight excluding hydrogens is 270 g/mol. The van der Waals surface area contributed by atoms with Crippen LogP contribution in [0.15, 0.2) is 52.7 Å². The quantitative estimate of drug-likeness (QED) is 0.690. The molecule has 100 valence electrons. The van der Waals surface area contributed by atoms with Crippen molar-refractivity contribution in [2.45, 2.75) is 30.3 Å². The molecule has 3 heteroatoms. The zero-order valence-corrected chi connectivity index (χ0v) is 12.6. The third-order valence-electron chi connectivity index (χ3n) is 3.39. The maximum absolute atomic E-state index is 2.65. The van der Waals surface area contributed by atoms with Crippen LogP contribution >= 0.6 is 23.1 Å². The average molecular weight is 289 g/mol. The minimum absolute atomic E-state index is 0.846. The molecule has 1 aliphatic carbocycles. The van der Waals surface area contributed by atoms with Crippen LogP contribution in [0.5, 0.6) is 0 Å². The molecule has 0 aliphatic heterocycles. The summed E-state index contributed by atoms with van der Waals surface area (Å²) in [6.45, 7) is 2.33.